The Morgan fingerprint density at radius 1 is 0.880 bits per heavy atom. The number of hydrogen-bond acceptors (Lipinski definition) is 10. The van der Waals surface area contributed by atoms with E-state index in [2.05, 4.69) is 10.3 Å². The number of hydrogen-bond donors (Lipinski definition) is 1. The molecule has 3 aromatic rings. The first kappa shape index (κ1) is 35.9. The maximum absolute atomic E-state index is 13.6. The number of anilines is 1. The molecule has 2 amide bonds. The van der Waals surface area contributed by atoms with E-state index in [0.717, 1.165) is 11.3 Å². The minimum atomic E-state index is -0.637. The van der Waals surface area contributed by atoms with Crippen molar-refractivity contribution < 1.29 is 38.2 Å². The molecule has 1 N–H and O–H groups in total. The number of piperazine rings is 1. The summed E-state index contributed by atoms with van der Waals surface area (Å²) in [5.74, 6) is -0.785. The SMILES string of the molecule is COc1ncc(OCCOCCNc2ccc(CCC(=O)CC(C)=O)cc2)c2c1CC=C2C(=O)C(=O)N1CCN(C(=O)c2ccccc2)CC1. The van der Waals surface area contributed by atoms with Crippen molar-refractivity contribution in [3.63, 3.8) is 0 Å². The van der Waals surface area contributed by atoms with Crippen LogP contribution in [0.1, 0.15) is 46.8 Å². The number of carbonyl (C=O) groups is 5. The first-order valence-corrected chi connectivity index (χ1v) is 16.7. The third-order valence-electron chi connectivity index (χ3n) is 8.55. The van der Waals surface area contributed by atoms with Crippen LogP contribution in [0.2, 0.25) is 0 Å². The van der Waals surface area contributed by atoms with Gasteiger partial charge in [0.1, 0.15) is 23.9 Å². The Hall–Kier alpha value is -5.36. The average molecular weight is 683 g/mol. The number of amides is 2. The molecule has 0 atom stereocenters. The Bertz CT molecular complexity index is 1730. The number of benzene rings is 2. The molecule has 1 aromatic heterocycles. The maximum atomic E-state index is 13.6. The fraction of sp³-hybridized carbons (Fsp3) is 0.368. The minimum absolute atomic E-state index is 0.0113. The van der Waals surface area contributed by atoms with E-state index in [1.807, 2.05) is 42.5 Å². The quantitative estimate of drug-likeness (QED) is 0.128. The van der Waals surface area contributed by atoms with E-state index in [-0.39, 0.29) is 55.8 Å². The molecule has 0 spiro atoms. The lowest BCUT2D eigenvalue weighted by atomic mass is 10.0. The first-order chi connectivity index (χ1) is 24.2. The third-order valence-corrected chi connectivity index (χ3v) is 8.55. The van der Waals surface area contributed by atoms with Crippen LogP contribution in [0.25, 0.3) is 5.57 Å². The maximum Gasteiger partial charge on any atom is 0.295 e. The Morgan fingerprint density at radius 2 is 1.60 bits per heavy atom. The number of pyridine rings is 1. The second-order valence-electron chi connectivity index (χ2n) is 12.1. The highest BCUT2D eigenvalue weighted by Crippen LogP contribution is 2.39. The van der Waals surface area contributed by atoms with Gasteiger partial charge in [-0.2, -0.15) is 0 Å². The Kier molecular flexibility index (Phi) is 12.5. The van der Waals surface area contributed by atoms with Crippen molar-refractivity contribution in [1.82, 2.24) is 14.8 Å². The smallest absolute Gasteiger partial charge is 0.295 e. The Morgan fingerprint density at radius 3 is 2.30 bits per heavy atom. The van der Waals surface area contributed by atoms with Crippen molar-refractivity contribution >= 4 is 40.4 Å². The number of ether oxygens (including phenoxy) is 3. The van der Waals surface area contributed by atoms with Gasteiger partial charge in [0, 0.05) is 67.1 Å². The average Bonchev–Trinajstić information content (AvgIpc) is 3.59. The molecule has 0 unspecified atom stereocenters. The molecule has 12 heteroatoms. The van der Waals surface area contributed by atoms with E-state index in [1.165, 1.54) is 25.1 Å². The number of methoxy groups -OCH3 is 1. The summed E-state index contributed by atoms with van der Waals surface area (Å²) >= 11 is 0. The number of Topliss-reactive ketones (excluding diaryl/α,β-unsaturated/α-hetero) is 3. The Balaban J connectivity index is 1.07. The van der Waals surface area contributed by atoms with Gasteiger partial charge in [-0.25, -0.2) is 4.98 Å². The summed E-state index contributed by atoms with van der Waals surface area (Å²) in [6.07, 6.45) is 4.51. The van der Waals surface area contributed by atoms with Crippen LogP contribution in [0.5, 0.6) is 11.6 Å². The number of allylic oxidation sites excluding steroid dienone is 1. The molecule has 1 saturated heterocycles. The highest BCUT2D eigenvalue weighted by atomic mass is 16.5. The molecule has 2 aliphatic rings. The van der Waals surface area contributed by atoms with Gasteiger partial charge in [-0.1, -0.05) is 36.4 Å². The lowest BCUT2D eigenvalue weighted by Gasteiger charge is -2.34. The topological polar surface area (TPSA) is 144 Å². The first-order valence-electron chi connectivity index (χ1n) is 16.7. The van der Waals surface area contributed by atoms with Crippen molar-refractivity contribution in [1.29, 1.82) is 0 Å². The second kappa shape index (κ2) is 17.3. The molecule has 12 nitrogen and oxygen atoms in total. The predicted octanol–water partition coefficient (Wildman–Crippen LogP) is 3.57. The zero-order valence-corrected chi connectivity index (χ0v) is 28.4. The van der Waals surface area contributed by atoms with E-state index >= 15 is 0 Å². The highest BCUT2D eigenvalue weighted by Gasteiger charge is 2.35. The van der Waals surface area contributed by atoms with Crippen LogP contribution in [0.15, 0.2) is 66.9 Å². The van der Waals surface area contributed by atoms with Crippen LogP contribution in [0, 0.1) is 0 Å². The summed E-state index contributed by atoms with van der Waals surface area (Å²) in [7, 11) is 1.50. The predicted molar refractivity (Wildman–Crippen MR) is 186 cm³/mol. The van der Waals surface area contributed by atoms with Gasteiger partial charge in [0.05, 0.1) is 32.9 Å². The summed E-state index contributed by atoms with van der Waals surface area (Å²) in [5.41, 5.74) is 3.97. The minimum Gasteiger partial charge on any atom is -0.489 e. The van der Waals surface area contributed by atoms with E-state index in [4.69, 9.17) is 14.2 Å². The highest BCUT2D eigenvalue weighted by molar-refractivity contribution is 6.54. The van der Waals surface area contributed by atoms with Crippen molar-refractivity contribution in [2.75, 3.05) is 65.0 Å². The van der Waals surface area contributed by atoms with Crippen LogP contribution in [-0.4, -0.2) is 104 Å². The van der Waals surface area contributed by atoms with Crippen molar-refractivity contribution in [2.45, 2.75) is 32.6 Å². The zero-order valence-electron chi connectivity index (χ0n) is 28.4. The van der Waals surface area contributed by atoms with Crippen LogP contribution in [-0.2, 0) is 36.8 Å². The standard InChI is InChI=1S/C38H42N4O8/c1-26(43)24-30(44)13-10-27-8-11-29(12-9-27)39-16-21-49-22-23-50-33-25-40-36(48-2)32-15-14-31(34(32)33)35(45)38(47)42-19-17-41(18-20-42)37(46)28-6-4-3-5-7-28/h3-9,11-12,14,25,39H,10,13,15-24H2,1-2H3. The van der Waals surface area contributed by atoms with Gasteiger partial charge >= 0.3 is 0 Å². The number of fused-ring (bicyclic) bond motifs is 1. The van der Waals surface area contributed by atoms with Crippen molar-refractivity contribution in [3.8, 4) is 11.6 Å². The molecule has 0 saturated carbocycles. The number of rotatable bonds is 17. The molecule has 1 aliphatic carbocycles. The van der Waals surface area contributed by atoms with E-state index in [0.29, 0.717) is 73.8 Å². The summed E-state index contributed by atoms with van der Waals surface area (Å²) in [4.78, 5) is 70.1. The molecule has 1 aliphatic heterocycles. The lowest BCUT2D eigenvalue weighted by molar-refractivity contribution is -0.142. The van der Waals surface area contributed by atoms with E-state index < -0.39 is 11.7 Å². The fourth-order valence-electron chi connectivity index (χ4n) is 5.95. The van der Waals surface area contributed by atoms with Gasteiger partial charge in [-0.05, 0) is 49.6 Å². The van der Waals surface area contributed by atoms with E-state index in [1.54, 1.807) is 23.1 Å². The van der Waals surface area contributed by atoms with Crippen LogP contribution in [0.4, 0.5) is 5.69 Å². The molecule has 2 aromatic carbocycles. The fourth-order valence-corrected chi connectivity index (χ4v) is 5.95. The number of nitrogens with one attached hydrogen (secondary N) is 1. The summed E-state index contributed by atoms with van der Waals surface area (Å²) in [5, 5.41) is 3.29. The normalized spacial score (nSPS) is 13.7. The van der Waals surface area contributed by atoms with E-state index in [9.17, 15) is 24.0 Å². The molecule has 0 bridgehead atoms. The lowest BCUT2D eigenvalue weighted by Crippen LogP contribution is -2.52. The summed E-state index contributed by atoms with van der Waals surface area (Å²) in [6.45, 7) is 4.08. The van der Waals surface area contributed by atoms with Crippen LogP contribution < -0.4 is 14.8 Å². The number of aryl methyl sites for hydroxylation is 1. The second-order valence-corrected chi connectivity index (χ2v) is 12.1. The largest absolute Gasteiger partial charge is 0.489 e. The monoisotopic (exact) mass is 682 g/mol. The van der Waals surface area contributed by atoms with Gasteiger partial charge in [-0.3, -0.25) is 24.0 Å². The molecule has 50 heavy (non-hydrogen) atoms. The summed E-state index contributed by atoms with van der Waals surface area (Å²) < 4.78 is 17.2. The number of nitrogens with zero attached hydrogens (tertiary/aromatic N) is 3. The van der Waals surface area contributed by atoms with Gasteiger partial charge in [0.15, 0.2) is 0 Å². The summed E-state index contributed by atoms with van der Waals surface area (Å²) in [6, 6.07) is 16.8. The van der Waals surface area contributed by atoms with Gasteiger partial charge < -0.3 is 29.3 Å². The number of aromatic nitrogens is 1. The zero-order chi connectivity index (χ0) is 35.5. The molecule has 2 heterocycles. The van der Waals surface area contributed by atoms with Gasteiger partial charge in [-0.15, -0.1) is 0 Å². The van der Waals surface area contributed by atoms with Crippen molar-refractivity contribution in [2.24, 2.45) is 0 Å². The number of ketones is 3. The molecule has 1 fully saturated rings. The molecule has 262 valence electrons. The van der Waals surface area contributed by atoms with Crippen LogP contribution >= 0.6 is 0 Å². The van der Waals surface area contributed by atoms with Gasteiger partial charge in [0.25, 0.3) is 17.6 Å². The Labute approximate surface area is 291 Å². The number of carbonyl (C=O) groups excluding carboxylic acids is 5. The molecular formula is C38H42N4O8. The molecule has 0 radical (unpaired) electrons. The molecule has 5 rings (SSSR count). The van der Waals surface area contributed by atoms with Crippen LogP contribution in [0.3, 0.4) is 0 Å². The van der Waals surface area contributed by atoms with Crippen molar-refractivity contribution in [3.05, 3.63) is 89.1 Å². The van der Waals surface area contributed by atoms with Gasteiger partial charge in [0.2, 0.25) is 5.88 Å². The third kappa shape index (κ3) is 9.20. The molecular weight excluding hydrogens is 640 g/mol.